The zero-order valence-electron chi connectivity index (χ0n) is 5.29. The van der Waals surface area contributed by atoms with Crippen molar-refractivity contribution in [2.24, 2.45) is 0 Å². The quantitative estimate of drug-likeness (QED) is 0.445. The van der Waals surface area contributed by atoms with Gasteiger partial charge in [-0.05, 0) is 0 Å². The van der Waals surface area contributed by atoms with E-state index in [1.807, 2.05) is 5.32 Å². The van der Waals surface area contributed by atoms with Gasteiger partial charge in [-0.25, -0.2) is 4.79 Å². The van der Waals surface area contributed by atoms with Gasteiger partial charge in [0.05, 0.1) is 0 Å². The van der Waals surface area contributed by atoms with Crippen molar-refractivity contribution >= 4 is 41.6 Å². The summed E-state index contributed by atoms with van der Waals surface area (Å²) in [4.78, 5) is 21.0. The molecule has 1 fully saturated rings. The van der Waals surface area contributed by atoms with Crippen molar-refractivity contribution < 1.29 is 14.3 Å². The van der Waals surface area contributed by atoms with Gasteiger partial charge in [0.1, 0.15) is 0 Å². The number of ether oxygens (including phenoxy) is 1. The summed E-state index contributed by atoms with van der Waals surface area (Å²) in [5.41, 5.74) is 0. The van der Waals surface area contributed by atoms with Crippen LogP contribution in [0.1, 0.15) is 6.42 Å². The molecule has 0 radical (unpaired) electrons. The first kappa shape index (κ1) is 10.7. The number of imide groups is 1. The van der Waals surface area contributed by atoms with Crippen molar-refractivity contribution in [3.8, 4) is 0 Å². The Hall–Kier alpha value is -0.320. The zero-order chi connectivity index (χ0) is 7.56. The Morgan fingerprint density at radius 3 is 2.64 bits per heavy atom. The molecule has 1 aliphatic rings. The molecule has 0 spiro atoms. The van der Waals surface area contributed by atoms with Crippen LogP contribution in [0.2, 0.25) is 0 Å². The molecule has 4 nitrogen and oxygen atoms in total. The van der Waals surface area contributed by atoms with Gasteiger partial charge in [0.25, 0.3) is 5.91 Å². The summed E-state index contributed by atoms with van der Waals surface area (Å²) in [6.07, 6.45) is 0.572. The molecule has 1 unspecified atom stereocenters. The number of carbonyl (C=O) groups excluding carboxylic acids is 2. The summed E-state index contributed by atoms with van der Waals surface area (Å²) < 4.78 is 4.54. The number of rotatable bonds is 2. The number of carbonyl (C=O) groups is 2. The van der Waals surface area contributed by atoms with Gasteiger partial charge in [-0.15, -0.1) is 6.58 Å². The van der Waals surface area contributed by atoms with Gasteiger partial charge in [0.15, 0.2) is 6.10 Å². The third-order valence-electron chi connectivity index (χ3n) is 1.15. The standard InChI is InChI=1S/C6H7NO3.Na.H/c1-2-3-4-5(8)7-6(9)10-4;;/h2,4H,1,3H2,(H,7,8,9);;. The molecule has 0 aromatic carbocycles. The van der Waals surface area contributed by atoms with Crippen LogP contribution in [0.4, 0.5) is 4.79 Å². The van der Waals surface area contributed by atoms with Gasteiger partial charge in [0.2, 0.25) is 0 Å². The fourth-order valence-electron chi connectivity index (χ4n) is 0.700. The Kier molecular flexibility index (Phi) is 4.40. The average Bonchev–Trinajstić information content (AvgIpc) is 2.13. The summed E-state index contributed by atoms with van der Waals surface area (Å²) in [6.45, 7) is 3.41. The molecule has 0 aromatic heterocycles. The van der Waals surface area contributed by atoms with E-state index in [1.165, 1.54) is 6.08 Å². The molecular formula is C6H8NNaO3. The van der Waals surface area contributed by atoms with Gasteiger partial charge in [-0.1, -0.05) is 6.08 Å². The van der Waals surface area contributed by atoms with Crippen LogP contribution in [0.25, 0.3) is 0 Å². The Morgan fingerprint density at radius 1 is 1.64 bits per heavy atom. The zero-order valence-corrected chi connectivity index (χ0v) is 5.29. The Bertz CT molecular complexity index is 192. The van der Waals surface area contributed by atoms with E-state index in [9.17, 15) is 9.59 Å². The maximum absolute atomic E-state index is 10.7. The monoisotopic (exact) mass is 165 g/mol. The summed E-state index contributed by atoms with van der Waals surface area (Å²) >= 11 is 0. The number of alkyl carbamates (subject to hydrolysis) is 1. The van der Waals surface area contributed by atoms with Gasteiger partial charge in [-0.3, -0.25) is 10.1 Å². The molecule has 1 atom stereocenters. The number of amides is 2. The van der Waals surface area contributed by atoms with Crippen molar-refractivity contribution in [3.05, 3.63) is 12.7 Å². The predicted octanol–water partition coefficient (Wildman–Crippen LogP) is -0.451. The van der Waals surface area contributed by atoms with Gasteiger partial charge >= 0.3 is 35.7 Å². The topological polar surface area (TPSA) is 55.4 Å². The maximum atomic E-state index is 10.7. The van der Waals surface area contributed by atoms with E-state index in [2.05, 4.69) is 11.3 Å². The van der Waals surface area contributed by atoms with Crippen molar-refractivity contribution in [1.29, 1.82) is 0 Å². The Morgan fingerprint density at radius 2 is 2.27 bits per heavy atom. The second-order valence-corrected chi connectivity index (χ2v) is 1.91. The van der Waals surface area contributed by atoms with E-state index in [1.54, 1.807) is 0 Å². The second kappa shape index (κ2) is 4.54. The van der Waals surface area contributed by atoms with Gasteiger partial charge in [0, 0.05) is 6.42 Å². The third-order valence-corrected chi connectivity index (χ3v) is 1.15. The van der Waals surface area contributed by atoms with Crippen LogP contribution in [0.5, 0.6) is 0 Å². The number of nitrogens with one attached hydrogen (secondary N) is 1. The molecule has 1 heterocycles. The summed E-state index contributed by atoms with van der Waals surface area (Å²) in [5.74, 6) is -0.384. The minimum absolute atomic E-state index is 0. The van der Waals surface area contributed by atoms with Crippen molar-refractivity contribution in [2.45, 2.75) is 12.5 Å². The molecular weight excluding hydrogens is 157 g/mol. The van der Waals surface area contributed by atoms with Crippen LogP contribution < -0.4 is 5.32 Å². The molecule has 0 saturated carbocycles. The normalized spacial score (nSPS) is 21.6. The molecule has 2 amide bonds. The van der Waals surface area contributed by atoms with Gasteiger partial charge in [-0.2, -0.15) is 0 Å². The molecule has 1 rings (SSSR count). The van der Waals surface area contributed by atoms with E-state index in [4.69, 9.17) is 0 Å². The van der Waals surface area contributed by atoms with Crippen molar-refractivity contribution in [2.75, 3.05) is 0 Å². The SMILES string of the molecule is C=CCC1OC(=O)NC1=O.[NaH]. The molecule has 1 N–H and O–H groups in total. The van der Waals surface area contributed by atoms with Crippen LogP contribution in [-0.2, 0) is 9.53 Å². The molecule has 56 valence electrons. The molecule has 0 aliphatic carbocycles. The van der Waals surface area contributed by atoms with Crippen LogP contribution in [0.15, 0.2) is 12.7 Å². The third kappa shape index (κ3) is 2.65. The van der Waals surface area contributed by atoms with E-state index < -0.39 is 12.2 Å². The van der Waals surface area contributed by atoms with Crippen molar-refractivity contribution in [3.63, 3.8) is 0 Å². The van der Waals surface area contributed by atoms with E-state index in [0.717, 1.165) is 0 Å². The average molecular weight is 165 g/mol. The van der Waals surface area contributed by atoms with E-state index in [-0.39, 0.29) is 35.5 Å². The van der Waals surface area contributed by atoms with Gasteiger partial charge < -0.3 is 4.74 Å². The fourth-order valence-corrected chi connectivity index (χ4v) is 0.700. The predicted molar refractivity (Wildman–Crippen MR) is 40.4 cm³/mol. The fraction of sp³-hybridized carbons (Fsp3) is 0.333. The molecule has 1 saturated heterocycles. The Labute approximate surface area is 86.3 Å². The first-order valence-electron chi connectivity index (χ1n) is 2.86. The minimum atomic E-state index is -0.670. The van der Waals surface area contributed by atoms with Crippen LogP contribution in [0.3, 0.4) is 0 Å². The second-order valence-electron chi connectivity index (χ2n) is 1.91. The first-order valence-corrected chi connectivity index (χ1v) is 2.86. The molecule has 0 bridgehead atoms. The van der Waals surface area contributed by atoms with Crippen LogP contribution in [-0.4, -0.2) is 47.7 Å². The number of hydrogen-bond acceptors (Lipinski definition) is 3. The van der Waals surface area contributed by atoms with E-state index >= 15 is 0 Å². The molecule has 11 heavy (non-hydrogen) atoms. The molecule has 5 heteroatoms. The van der Waals surface area contributed by atoms with Crippen LogP contribution >= 0.6 is 0 Å². The summed E-state index contributed by atoms with van der Waals surface area (Å²) in [5, 5.41) is 2.00. The molecule has 1 aliphatic heterocycles. The van der Waals surface area contributed by atoms with Crippen molar-refractivity contribution in [1.82, 2.24) is 5.32 Å². The number of hydrogen-bond donors (Lipinski definition) is 1. The summed E-state index contributed by atoms with van der Waals surface area (Å²) in [7, 11) is 0. The number of cyclic esters (lactones) is 1. The summed E-state index contributed by atoms with van der Waals surface area (Å²) in [6, 6.07) is 0. The Balaban J connectivity index is 0.000001000. The van der Waals surface area contributed by atoms with Crippen LogP contribution in [0, 0.1) is 0 Å². The van der Waals surface area contributed by atoms with E-state index in [0.29, 0.717) is 6.42 Å². The molecule has 0 aromatic rings. The first-order chi connectivity index (χ1) is 4.74.